The lowest BCUT2D eigenvalue weighted by Gasteiger charge is -2.45. The molecular weight excluding hydrogens is 526 g/mol. The van der Waals surface area contributed by atoms with Crippen molar-refractivity contribution in [1.29, 1.82) is 0 Å². The molecule has 1 fully saturated rings. The fourth-order valence-electron chi connectivity index (χ4n) is 5.12. The normalized spacial score (nSPS) is 21.9. The highest BCUT2D eigenvalue weighted by molar-refractivity contribution is 5.16. The Morgan fingerprint density at radius 2 is 0.881 bits per heavy atom. The van der Waals surface area contributed by atoms with Gasteiger partial charge in [0.15, 0.2) is 6.10 Å². The third-order valence-corrected chi connectivity index (χ3v) is 7.25. The number of rotatable bonds is 14. The second-order valence-corrected chi connectivity index (χ2v) is 10.3. The van der Waals surface area contributed by atoms with E-state index in [9.17, 15) is 0 Å². The summed E-state index contributed by atoms with van der Waals surface area (Å²) in [5.41, 5.74) is 4.21. The number of hydrogen-bond donors (Lipinski definition) is 0. The molecule has 5 rings (SSSR count). The van der Waals surface area contributed by atoms with Crippen LogP contribution in [-0.4, -0.2) is 43.7 Å². The third kappa shape index (κ3) is 8.59. The molecule has 4 aromatic carbocycles. The van der Waals surface area contributed by atoms with E-state index in [1.807, 2.05) is 121 Å². The molecule has 6 heteroatoms. The van der Waals surface area contributed by atoms with E-state index >= 15 is 0 Å². The van der Waals surface area contributed by atoms with Crippen LogP contribution in [0.3, 0.4) is 0 Å². The minimum atomic E-state index is -0.519. The molecule has 0 bridgehead atoms. The maximum atomic E-state index is 7.67. The minimum Gasteiger partial charge on any atom is -0.374 e. The molecule has 1 aliphatic rings. The topological polar surface area (TPSA) is 50.5 Å². The average molecular weight is 564 g/mol. The second kappa shape index (κ2) is 16.0. The van der Waals surface area contributed by atoms with E-state index in [0.717, 1.165) is 22.3 Å². The van der Waals surface area contributed by atoms with Gasteiger partial charge in [0, 0.05) is 0 Å². The number of nitrogens with zero attached hydrogens (tertiary/aromatic N) is 1. The Bertz CT molecular complexity index is 1350. The first-order chi connectivity index (χ1) is 20.8. The van der Waals surface area contributed by atoms with Crippen LogP contribution >= 0.6 is 0 Å². The van der Waals surface area contributed by atoms with Gasteiger partial charge < -0.3 is 28.5 Å². The lowest BCUT2D eigenvalue weighted by Crippen LogP contribution is -2.61. The summed E-state index contributed by atoms with van der Waals surface area (Å²) in [6.07, 6.45) is -2.47. The van der Waals surface area contributed by atoms with Crippen LogP contribution in [0.25, 0.3) is 4.85 Å². The van der Waals surface area contributed by atoms with Crippen molar-refractivity contribution in [2.75, 3.05) is 13.2 Å². The molecular formula is C36H37NO5. The second-order valence-electron chi connectivity index (χ2n) is 10.3. The lowest BCUT2D eigenvalue weighted by atomic mass is 9.94. The summed E-state index contributed by atoms with van der Waals surface area (Å²) in [6.45, 7) is 9.69. The lowest BCUT2D eigenvalue weighted by molar-refractivity contribution is -0.269. The fraction of sp³-hybridized carbons (Fsp3) is 0.306. The van der Waals surface area contributed by atoms with Crippen molar-refractivity contribution < 1.29 is 23.7 Å². The van der Waals surface area contributed by atoms with Gasteiger partial charge in [0.2, 0.25) is 6.54 Å². The summed E-state index contributed by atoms with van der Waals surface area (Å²) in [4.78, 5) is 3.71. The van der Waals surface area contributed by atoms with Crippen molar-refractivity contribution in [2.24, 2.45) is 0 Å². The standard InChI is InChI=1S/C36H37NO5/c1-37-22-32-34(39-24-29-16-8-3-9-17-29)36(41-26-31-20-12-5-13-21-31)35(40-25-30-18-10-4-11-19-30)33(42-32)27-38-23-28-14-6-2-7-15-28/h2-21,32-36H,22-27H2/t32-,33+,34-,35+,36+/m0/s1. The molecule has 0 radical (unpaired) electrons. The van der Waals surface area contributed by atoms with Crippen molar-refractivity contribution in [1.82, 2.24) is 0 Å². The number of hydrogen-bond acceptors (Lipinski definition) is 5. The third-order valence-electron chi connectivity index (χ3n) is 7.25. The molecule has 42 heavy (non-hydrogen) atoms. The van der Waals surface area contributed by atoms with Crippen LogP contribution in [0.5, 0.6) is 0 Å². The van der Waals surface area contributed by atoms with Crippen molar-refractivity contribution in [3.63, 3.8) is 0 Å². The van der Waals surface area contributed by atoms with Crippen LogP contribution in [0.15, 0.2) is 121 Å². The summed E-state index contributed by atoms with van der Waals surface area (Å²) in [5.74, 6) is 0. The molecule has 216 valence electrons. The van der Waals surface area contributed by atoms with E-state index in [1.165, 1.54) is 0 Å². The van der Waals surface area contributed by atoms with Crippen LogP contribution in [-0.2, 0) is 50.1 Å². The summed E-state index contributed by atoms with van der Waals surface area (Å²) >= 11 is 0. The first-order valence-corrected chi connectivity index (χ1v) is 14.4. The molecule has 6 nitrogen and oxygen atoms in total. The van der Waals surface area contributed by atoms with Crippen LogP contribution in [0.4, 0.5) is 0 Å². The maximum Gasteiger partial charge on any atom is 0.243 e. The molecule has 1 saturated heterocycles. The highest BCUT2D eigenvalue weighted by Crippen LogP contribution is 2.31. The van der Waals surface area contributed by atoms with Crippen LogP contribution in [0, 0.1) is 6.57 Å². The van der Waals surface area contributed by atoms with Gasteiger partial charge in [0.1, 0.15) is 24.4 Å². The van der Waals surface area contributed by atoms with Gasteiger partial charge in [-0.05, 0) is 22.3 Å². The Morgan fingerprint density at radius 3 is 1.31 bits per heavy atom. The molecule has 0 unspecified atom stereocenters. The van der Waals surface area contributed by atoms with Gasteiger partial charge >= 0.3 is 0 Å². The predicted octanol–water partition coefficient (Wildman–Crippen LogP) is 6.65. The molecule has 0 N–H and O–H groups in total. The summed E-state index contributed by atoms with van der Waals surface area (Å²) in [5, 5.41) is 0. The molecule has 1 heterocycles. The van der Waals surface area contributed by atoms with Gasteiger partial charge in [0.25, 0.3) is 0 Å². The molecule has 4 aromatic rings. The van der Waals surface area contributed by atoms with Crippen molar-refractivity contribution in [3.05, 3.63) is 155 Å². The van der Waals surface area contributed by atoms with Crippen LogP contribution in [0.2, 0.25) is 0 Å². The molecule has 0 spiro atoms. The van der Waals surface area contributed by atoms with E-state index in [2.05, 4.69) is 4.85 Å². The molecule has 0 saturated carbocycles. The van der Waals surface area contributed by atoms with Crippen LogP contribution in [0.1, 0.15) is 22.3 Å². The zero-order chi connectivity index (χ0) is 28.8. The predicted molar refractivity (Wildman–Crippen MR) is 161 cm³/mol. The maximum absolute atomic E-state index is 7.67. The zero-order valence-corrected chi connectivity index (χ0v) is 23.7. The minimum absolute atomic E-state index is 0.144. The highest BCUT2D eigenvalue weighted by atomic mass is 16.6. The molecule has 0 aliphatic carbocycles. The SMILES string of the molecule is [C-]#[N+]C[C@@H]1O[C@H](COCc2ccccc2)[C@@H](OCc2ccccc2)[C@H](OCc2ccccc2)[C@H]1OCc1ccccc1. The Morgan fingerprint density at radius 1 is 0.500 bits per heavy atom. The largest absolute Gasteiger partial charge is 0.374 e. The molecule has 0 aromatic heterocycles. The monoisotopic (exact) mass is 563 g/mol. The molecule has 5 atom stereocenters. The summed E-state index contributed by atoms with van der Waals surface area (Å²) in [6, 6.07) is 40.2. The first kappa shape index (κ1) is 29.7. The Kier molecular flexibility index (Phi) is 11.3. The van der Waals surface area contributed by atoms with Gasteiger partial charge in [-0.1, -0.05) is 121 Å². The molecule has 1 aliphatic heterocycles. The van der Waals surface area contributed by atoms with Crippen LogP contribution < -0.4 is 0 Å². The smallest absolute Gasteiger partial charge is 0.243 e. The Balaban J connectivity index is 1.40. The zero-order valence-electron chi connectivity index (χ0n) is 23.7. The van der Waals surface area contributed by atoms with E-state index in [1.54, 1.807) is 0 Å². The van der Waals surface area contributed by atoms with Crippen molar-refractivity contribution in [3.8, 4) is 0 Å². The van der Waals surface area contributed by atoms with Crippen molar-refractivity contribution >= 4 is 0 Å². The Labute approximate surface area is 248 Å². The average Bonchev–Trinajstić information content (AvgIpc) is 3.05. The summed E-state index contributed by atoms with van der Waals surface area (Å²) in [7, 11) is 0. The van der Waals surface area contributed by atoms with Gasteiger partial charge in [-0.3, -0.25) is 0 Å². The first-order valence-electron chi connectivity index (χ1n) is 14.4. The van der Waals surface area contributed by atoms with E-state index in [4.69, 9.17) is 30.3 Å². The van der Waals surface area contributed by atoms with Gasteiger partial charge in [-0.2, -0.15) is 0 Å². The van der Waals surface area contributed by atoms with Crippen molar-refractivity contribution in [2.45, 2.75) is 56.9 Å². The van der Waals surface area contributed by atoms with E-state index in [0.29, 0.717) is 33.0 Å². The van der Waals surface area contributed by atoms with Gasteiger partial charge in [-0.25, -0.2) is 6.57 Å². The fourth-order valence-corrected chi connectivity index (χ4v) is 5.12. The highest BCUT2D eigenvalue weighted by Gasteiger charge is 2.49. The number of benzene rings is 4. The van der Waals surface area contributed by atoms with Gasteiger partial charge in [-0.15, -0.1) is 0 Å². The molecule has 0 amide bonds. The quantitative estimate of drug-likeness (QED) is 0.161. The summed E-state index contributed by atoms with van der Waals surface area (Å²) < 4.78 is 32.5. The Hall–Kier alpha value is -3.83. The van der Waals surface area contributed by atoms with E-state index < -0.39 is 30.5 Å². The van der Waals surface area contributed by atoms with E-state index in [-0.39, 0.29) is 6.54 Å². The van der Waals surface area contributed by atoms with Gasteiger partial charge in [0.05, 0.1) is 33.0 Å². The number of ether oxygens (including phenoxy) is 5.